The molecule has 1 aromatic carbocycles. The highest BCUT2D eigenvalue weighted by molar-refractivity contribution is 6.01. The number of ether oxygens (including phenoxy) is 2. The van der Waals surface area contributed by atoms with Crippen molar-refractivity contribution in [2.24, 2.45) is 11.8 Å². The monoisotopic (exact) mass is 419 g/mol. The number of methoxy groups -OCH3 is 1. The average Bonchev–Trinajstić information content (AvgIpc) is 3.07. The zero-order valence-electron chi connectivity index (χ0n) is 17.8. The van der Waals surface area contributed by atoms with Crippen LogP contribution in [0.25, 0.3) is 0 Å². The number of anilines is 1. The molecule has 0 unspecified atom stereocenters. The molecular weight excluding hydrogens is 390 g/mol. The second-order valence-corrected chi connectivity index (χ2v) is 7.68. The van der Waals surface area contributed by atoms with Crippen LogP contribution in [0.5, 0.6) is 5.75 Å². The average molecular weight is 419 g/mol. The number of rotatable bonds is 8. The molecule has 0 aliphatic carbocycles. The van der Waals surface area contributed by atoms with Crippen molar-refractivity contribution in [3.8, 4) is 5.75 Å². The third-order valence-corrected chi connectivity index (χ3v) is 4.69. The summed E-state index contributed by atoms with van der Waals surface area (Å²) in [7, 11) is 1.51. The maximum atomic E-state index is 12.4. The van der Waals surface area contributed by atoms with Crippen LogP contribution in [-0.4, -0.2) is 50.6 Å². The first-order valence-electron chi connectivity index (χ1n) is 9.90. The molecule has 1 fully saturated rings. The van der Waals surface area contributed by atoms with Gasteiger partial charge in [-0.15, -0.1) is 0 Å². The number of urea groups is 1. The summed E-state index contributed by atoms with van der Waals surface area (Å²) in [5.74, 6) is -1.36. The van der Waals surface area contributed by atoms with Gasteiger partial charge in [-0.25, -0.2) is 4.79 Å². The van der Waals surface area contributed by atoms with E-state index in [2.05, 4.69) is 10.6 Å². The van der Waals surface area contributed by atoms with Gasteiger partial charge in [0, 0.05) is 19.5 Å². The van der Waals surface area contributed by atoms with Gasteiger partial charge in [-0.3, -0.25) is 19.7 Å². The summed E-state index contributed by atoms with van der Waals surface area (Å²) < 4.78 is 10.3. The fourth-order valence-corrected chi connectivity index (χ4v) is 3.05. The summed E-state index contributed by atoms with van der Waals surface area (Å²) >= 11 is 0. The molecule has 4 amide bonds. The van der Waals surface area contributed by atoms with Crippen LogP contribution in [0.15, 0.2) is 18.2 Å². The summed E-state index contributed by atoms with van der Waals surface area (Å²) in [6.07, 6.45) is 0.766. The van der Waals surface area contributed by atoms with Crippen molar-refractivity contribution in [2.45, 2.75) is 33.6 Å². The van der Waals surface area contributed by atoms with Crippen LogP contribution in [0.2, 0.25) is 0 Å². The molecule has 0 spiro atoms. The molecule has 1 saturated heterocycles. The van der Waals surface area contributed by atoms with Gasteiger partial charge >= 0.3 is 12.0 Å². The van der Waals surface area contributed by atoms with E-state index >= 15 is 0 Å². The molecule has 1 aliphatic rings. The topological polar surface area (TPSA) is 114 Å². The van der Waals surface area contributed by atoms with Gasteiger partial charge in [-0.1, -0.05) is 19.9 Å². The number of benzene rings is 1. The van der Waals surface area contributed by atoms with Crippen molar-refractivity contribution >= 4 is 29.5 Å². The molecule has 1 atom stereocenters. The van der Waals surface area contributed by atoms with E-state index in [9.17, 15) is 19.2 Å². The number of aryl methyl sites for hydroxylation is 1. The standard InChI is InChI=1S/C21H29N3O6/c1-13(2)7-8-22-21(28)23-18(25)12-30-20(27)15-10-19(26)24(11-15)16-9-14(3)5-6-17(16)29-4/h5-6,9,13,15H,7-8,10-12H2,1-4H3,(H2,22,23,25,28)/t15-/m0/s1. The lowest BCUT2D eigenvalue weighted by Gasteiger charge is -2.20. The Balaban J connectivity index is 1.84. The van der Waals surface area contributed by atoms with Gasteiger partial charge in [0.15, 0.2) is 6.61 Å². The highest BCUT2D eigenvalue weighted by Crippen LogP contribution is 2.34. The van der Waals surface area contributed by atoms with Crippen LogP contribution in [0, 0.1) is 18.8 Å². The van der Waals surface area contributed by atoms with Gasteiger partial charge in [0.25, 0.3) is 5.91 Å². The minimum Gasteiger partial charge on any atom is -0.495 e. The Kier molecular flexibility index (Phi) is 8.20. The number of hydrogen-bond donors (Lipinski definition) is 2. The van der Waals surface area contributed by atoms with E-state index in [1.54, 1.807) is 6.07 Å². The first-order chi connectivity index (χ1) is 14.2. The van der Waals surface area contributed by atoms with Crippen LogP contribution in [0.4, 0.5) is 10.5 Å². The number of esters is 1. The van der Waals surface area contributed by atoms with Crippen LogP contribution >= 0.6 is 0 Å². The van der Waals surface area contributed by atoms with Gasteiger partial charge in [0.2, 0.25) is 5.91 Å². The summed E-state index contributed by atoms with van der Waals surface area (Å²) in [5, 5.41) is 4.66. The summed E-state index contributed by atoms with van der Waals surface area (Å²) in [6, 6.07) is 4.81. The van der Waals surface area contributed by atoms with E-state index in [0.29, 0.717) is 23.9 Å². The van der Waals surface area contributed by atoms with Crippen molar-refractivity contribution in [2.75, 3.05) is 31.7 Å². The Morgan fingerprint density at radius 1 is 1.27 bits per heavy atom. The van der Waals surface area contributed by atoms with Crippen molar-refractivity contribution < 1.29 is 28.7 Å². The minimum absolute atomic E-state index is 0.0206. The number of nitrogens with zero attached hydrogens (tertiary/aromatic N) is 1. The first-order valence-corrected chi connectivity index (χ1v) is 9.90. The van der Waals surface area contributed by atoms with Crippen molar-refractivity contribution in [1.82, 2.24) is 10.6 Å². The van der Waals surface area contributed by atoms with E-state index in [0.717, 1.165) is 12.0 Å². The zero-order chi connectivity index (χ0) is 22.3. The molecule has 1 aliphatic heterocycles. The van der Waals surface area contributed by atoms with Crippen molar-refractivity contribution in [3.63, 3.8) is 0 Å². The molecule has 0 aromatic heterocycles. The molecule has 9 nitrogen and oxygen atoms in total. The smallest absolute Gasteiger partial charge is 0.321 e. The largest absolute Gasteiger partial charge is 0.495 e. The van der Waals surface area contributed by atoms with Gasteiger partial charge < -0.3 is 19.7 Å². The lowest BCUT2D eigenvalue weighted by molar-refractivity contribution is -0.152. The molecule has 0 saturated carbocycles. The SMILES string of the molecule is COc1ccc(C)cc1N1C[C@@H](C(=O)OCC(=O)NC(=O)NCCC(C)C)CC1=O. The zero-order valence-corrected chi connectivity index (χ0v) is 17.8. The quantitative estimate of drug-likeness (QED) is 0.621. The molecule has 9 heteroatoms. The second-order valence-electron chi connectivity index (χ2n) is 7.68. The molecule has 2 rings (SSSR count). The Bertz CT molecular complexity index is 808. The number of hydrogen-bond acceptors (Lipinski definition) is 6. The Morgan fingerprint density at radius 3 is 2.67 bits per heavy atom. The molecule has 0 radical (unpaired) electrons. The van der Waals surface area contributed by atoms with Crippen molar-refractivity contribution in [1.29, 1.82) is 0 Å². The molecule has 164 valence electrons. The number of nitrogens with one attached hydrogen (secondary N) is 2. The summed E-state index contributed by atoms with van der Waals surface area (Å²) in [6.45, 7) is 5.93. The Labute approximate surface area is 176 Å². The maximum absolute atomic E-state index is 12.4. The van der Waals surface area contributed by atoms with E-state index < -0.39 is 30.4 Å². The van der Waals surface area contributed by atoms with Gasteiger partial charge in [0.1, 0.15) is 5.75 Å². The van der Waals surface area contributed by atoms with E-state index in [4.69, 9.17) is 9.47 Å². The molecular formula is C21H29N3O6. The fraction of sp³-hybridized carbons (Fsp3) is 0.524. The molecule has 1 heterocycles. The predicted octanol–water partition coefficient (Wildman–Crippen LogP) is 1.77. The van der Waals surface area contributed by atoms with E-state index in [1.165, 1.54) is 12.0 Å². The maximum Gasteiger partial charge on any atom is 0.321 e. The molecule has 30 heavy (non-hydrogen) atoms. The normalized spacial score (nSPS) is 15.8. The highest BCUT2D eigenvalue weighted by atomic mass is 16.5. The second kappa shape index (κ2) is 10.6. The number of imide groups is 1. The molecule has 2 N–H and O–H groups in total. The third kappa shape index (κ3) is 6.47. The van der Waals surface area contributed by atoms with Crippen LogP contribution in [0.1, 0.15) is 32.3 Å². The van der Waals surface area contributed by atoms with Crippen LogP contribution in [-0.2, 0) is 19.1 Å². The van der Waals surface area contributed by atoms with Crippen molar-refractivity contribution in [3.05, 3.63) is 23.8 Å². The van der Waals surface area contributed by atoms with Gasteiger partial charge in [0.05, 0.1) is 18.7 Å². The lowest BCUT2D eigenvalue weighted by atomic mass is 10.1. The predicted molar refractivity (Wildman–Crippen MR) is 110 cm³/mol. The summed E-state index contributed by atoms with van der Waals surface area (Å²) in [4.78, 5) is 49.6. The minimum atomic E-state index is -0.730. The third-order valence-electron chi connectivity index (χ3n) is 4.69. The first kappa shape index (κ1) is 23.2. The Hall–Kier alpha value is -3.10. The van der Waals surface area contributed by atoms with E-state index in [-0.39, 0.29) is 18.9 Å². The molecule has 1 aromatic rings. The molecule has 0 bridgehead atoms. The van der Waals surface area contributed by atoms with E-state index in [1.807, 2.05) is 32.9 Å². The highest BCUT2D eigenvalue weighted by Gasteiger charge is 2.37. The summed E-state index contributed by atoms with van der Waals surface area (Å²) in [5.41, 5.74) is 1.54. The number of carbonyl (C=O) groups is 4. The lowest BCUT2D eigenvalue weighted by Crippen LogP contribution is -2.42. The number of amides is 4. The fourth-order valence-electron chi connectivity index (χ4n) is 3.05. The van der Waals surface area contributed by atoms with Gasteiger partial charge in [-0.2, -0.15) is 0 Å². The Morgan fingerprint density at radius 2 is 2.00 bits per heavy atom. The number of carbonyl (C=O) groups excluding carboxylic acids is 4. The van der Waals surface area contributed by atoms with Crippen LogP contribution < -0.4 is 20.3 Å². The van der Waals surface area contributed by atoms with Crippen LogP contribution in [0.3, 0.4) is 0 Å². The van der Waals surface area contributed by atoms with Gasteiger partial charge in [-0.05, 0) is 37.0 Å².